The van der Waals surface area contributed by atoms with Gasteiger partial charge < -0.3 is 15.3 Å². The number of nitrogens with zero attached hydrogens (tertiary/aromatic N) is 3. The van der Waals surface area contributed by atoms with Crippen LogP contribution in [0.25, 0.3) is 16.7 Å². The van der Waals surface area contributed by atoms with Gasteiger partial charge in [-0.3, -0.25) is 14.2 Å². The van der Waals surface area contributed by atoms with E-state index in [0.717, 1.165) is 16.8 Å². The molecule has 3 heterocycles. The molecule has 2 fully saturated rings. The van der Waals surface area contributed by atoms with E-state index in [0.29, 0.717) is 31.4 Å². The minimum absolute atomic E-state index is 0.0717. The van der Waals surface area contributed by atoms with Gasteiger partial charge in [0.25, 0.3) is 5.91 Å². The maximum absolute atomic E-state index is 14.9. The van der Waals surface area contributed by atoms with Crippen molar-refractivity contribution in [2.24, 2.45) is 5.92 Å². The lowest BCUT2D eigenvalue weighted by Crippen LogP contribution is -2.46. The SMILES string of the molecule is CC[C@@H](NC(=O)c1cn(-c2c(F)cc(F)cc2Cl)c2nc(N3CC4CC4(O)C3)ccc2c1=O)C(F)(F)F. The number of aliphatic hydroxyl groups is 1. The number of hydrogen-bond donors (Lipinski definition) is 2. The van der Waals surface area contributed by atoms with Crippen molar-refractivity contribution in [3.05, 3.63) is 62.9 Å². The fourth-order valence-corrected chi connectivity index (χ4v) is 5.03. The minimum Gasteiger partial charge on any atom is -0.388 e. The average Bonchev–Trinajstić information content (AvgIpc) is 3.32. The molecule has 2 aliphatic rings. The van der Waals surface area contributed by atoms with E-state index in [1.165, 1.54) is 19.1 Å². The van der Waals surface area contributed by atoms with Gasteiger partial charge in [0, 0.05) is 31.3 Å². The highest BCUT2D eigenvalue weighted by molar-refractivity contribution is 6.32. The predicted molar refractivity (Wildman–Crippen MR) is 125 cm³/mol. The summed E-state index contributed by atoms with van der Waals surface area (Å²) in [5, 5.41) is 11.6. The number of amides is 1. The zero-order valence-electron chi connectivity index (χ0n) is 19.2. The number of alkyl halides is 3. The molecular weight excluding hydrogens is 523 g/mol. The predicted octanol–water partition coefficient (Wildman–Crippen LogP) is 3.96. The Balaban J connectivity index is 1.69. The Bertz CT molecular complexity index is 1470. The standard InChI is InChI=1S/C24H20ClF5N4O3/c1-2-17(24(28,29)30)31-22(36)14-9-34(19-15(25)5-12(26)6-16(19)27)21-13(20(14)35)3-4-18(32-21)33-8-11-7-23(11,37)10-33/h3-6,9,11,17,37H,2,7-8,10H2,1H3,(H,31,36)/t11?,17-,23?/m1/s1. The fraction of sp³-hybridized carbons (Fsp3) is 0.375. The third kappa shape index (κ3) is 4.42. The van der Waals surface area contributed by atoms with Crippen LogP contribution >= 0.6 is 11.6 Å². The van der Waals surface area contributed by atoms with Crippen molar-refractivity contribution in [3.63, 3.8) is 0 Å². The third-order valence-electron chi connectivity index (χ3n) is 6.84. The Hall–Kier alpha value is -3.25. The number of β-amino-alcohol motifs (C(OH)–C–C–N with tert-alkyl or cyclic N) is 1. The van der Waals surface area contributed by atoms with Gasteiger partial charge in [0.2, 0.25) is 5.43 Å². The van der Waals surface area contributed by atoms with Gasteiger partial charge >= 0.3 is 6.18 Å². The summed E-state index contributed by atoms with van der Waals surface area (Å²) in [5.41, 5.74) is -3.05. The molecule has 7 nitrogen and oxygen atoms in total. The van der Waals surface area contributed by atoms with Crippen molar-refractivity contribution in [2.45, 2.75) is 37.6 Å². The maximum atomic E-state index is 14.9. The van der Waals surface area contributed by atoms with Gasteiger partial charge in [0.1, 0.15) is 28.9 Å². The molecule has 2 unspecified atom stereocenters. The molecule has 1 amide bonds. The minimum atomic E-state index is -4.76. The number of hydrogen-bond acceptors (Lipinski definition) is 5. The molecule has 0 bridgehead atoms. The summed E-state index contributed by atoms with van der Waals surface area (Å²) in [6.07, 6.45) is -3.74. The summed E-state index contributed by atoms with van der Waals surface area (Å²) in [4.78, 5) is 32.2. The Morgan fingerprint density at radius 2 is 2.05 bits per heavy atom. The zero-order valence-corrected chi connectivity index (χ0v) is 20.0. The highest BCUT2D eigenvalue weighted by atomic mass is 35.5. The van der Waals surface area contributed by atoms with Crippen molar-refractivity contribution in [1.82, 2.24) is 14.9 Å². The number of nitrogens with one attached hydrogen (secondary N) is 1. The van der Waals surface area contributed by atoms with Crippen molar-refractivity contribution < 1.29 is 31.9 Å². The van der Waals surface area contributed by atoms with Gasteiger partial charge in [0.15, 0.2) is 11.5 Å². The first kappa shape index (κ1) is 25.4. The maximum Gasteiger partial charge on any atom is 0.408 e. The van der Waals surface area contributed by atoms with Crippen LogP contribution in [0.2, 0.25) is 5.02 Å². The van der Waals surface area contributed by atoms with Crippen LogP contribution in [-0.4, -0.2) is 51.5 Å². The number of aromatic nitrogens is 2. The molecule has 5 rings (SSSR count). The second-order valence-electron chi connectivity index (χ2n) is 9.36. The molecule has 1 aliphatic carbocycles. The van der Waals surface area contributed by atoms with Gasteiger partial charge in [0.05, 0.1) is 16.0 Å². The highest BCUT2D eigenvalue weighted by Gasteiger charge is 2.59. The Morgan fingerprint density at radius 1 is 1.32 bits per heavy atom. The molecule has 37 heavy (non-hydrogen) atoms. The van der Waals surface area contributed by atoms with E-state index >= 15 is 0 Å². The number of fused-ring (bicyclic) bond motifs is 2. The van der Waals surface area contributed by atoms with Crippen LogP contribution in [0.4, 0.5) is 27.8 Å². The van der Waals surface area contributed by atoms with Crippen molar-refractivity contribution in [2.75, 3.05) is 18.0 Å². The van der Waals surface area contributed by atoms with E-state index in [1.54, 1.807) is 10.2 Å². The normalized spacial score (nSPS) is 21.7. The molecule has 0 radical (unpaired) electrons. The average molecular weight is 543 g/mol. The van der Waals surface area contributed by atoms with Crippen molar-refractivity contribution >= 4 is 34.4 Å². The smallest absolute Gasteiger partial charge is 0.388 e. The fourth-order valence-electron chi connectivity index (χ4n) is 4.75. The van der Waals surface area contributed by atoms with Gasteiger partial charge in [-0.25, -0.2) is 13.8 Å². The summed E-state index contributed by atoms with van der Waals surface area (Å²) in [5.74, 6) is -3.03. The number of benzene rings is 1. The molecule has 0 spiro atoms. The van der Waals surface area contributed by atoms with E-state index in [-0.39, 0.29) is 17.0 Å². The van der Waals surface area contributed by atoms with Gasteiger partial charge in [-0.1, -0.05) is 18.5 Å². The van der Waals surface area contributed by atoms with Gasteiger partial charge in [-0.05, 0) is 31.0 Å². The first-order chi connectivity index (χ1) is 17.3. The lowest BCUT2D eigenvalue weighted by molar-refractivity contribution is -0.153. The molecular formula is C24H20ClF5N4O3. The molecule has 1 aromatic carbocycles. The Labute approximate surface area is 211 Å². The molecule has 1 saturated heterocycles. The summed E-state index contributed by atoms with van der Waals surface area (Å²) < 4.78 is 69.4. The number of anilines is 1. The van der Waals surface area contributed by atoms with Crippen LogP contribution in [0, 0.1) is 17.6 Å². The summed E-state index contributed by atoms with van der Waals surface area (Å²) in [7, 11) is 0. The lowest BCUT2D eigenvalue weighted by atomic mass is 10.1. The van der Waals surface area contributed by atoms with Crippen LogP contribution in [0.15, 0.2) is 35.3 Å². The largest absolute Gasteiger partial charge is 0.408 e. The first-order valence-corrected chi connectivity index (χ1v) is 11.8. The second-order valence-corrected chi connectivity index (χ2v) is 9.77. The number of halogens is 6. The van der Waals surface area contributed by atoms with Crippen LogP contribution in [0.3, 0.4) is 0 Å². The van der Waals surface area contributed by atoms with E-state index in [2.05, 4.69) is 4.98 Å². The van der Waals surface area contributed by atoms with E-state index < -0.39 is 63.5 Å². The van der Waals surface area contributed by atoms with Crippen molar-refractivity contribution in [1.29, 1.82) is 0 Å². The Morgan fingerprint density at radius 3 is 2.65 bits per heavy atom. The monoisotopic (exact) mass is 542 g/mol. The molecule has 13 heteroatoms. The van der Waals surface area contributed by atoms with Crippen LogP contribution in [-0.2, 0) is 0 Å². The highest BCUT2D eigenvalue weighted by Crippen LogP contribution is 2.50. The number of carbonyl (C=O) groups excluding carboxylic acids is 1. The summed E-state index contributed by atoms with van der Waals surface area (Å²) in [6, 6.07) is 1.92. The van der Waals surface area contributed by atoms with E-state index in [1.807, 2.05) is 0 Å². The van der Waals surface area contributed by atoms with E-state index in [4.69, 9.17) is 11.6 Å². The number of pyridine rings is 2. The second kappa shape index (κ2) is 8.66. The van der Waals surface area contributed by atoms with Gasteiger partial charge in [-0.15, -0.1) is 0 Å². The summed E-state index contributed by atoms with van der Waals surface area (Å²) >= 11 is 6.12. The number of rotatable bonds is 5. The van der Waals surface area contributed by atoms with Crippen LogP contribution in [0.1, 0.15) is 30.1 Å². The van der Waals surface area contributed by atoms with Crippen LogP contribution < -0.4 is 15.6 Å². The Kier molecular flexibility index (Phi) is 5.94. The van der Waals surface area contributed by atoms with Crippen LogP contribution in [0.5, 0.6) is 0 Å². The molecule has 3 aromatic rings. The molecule has 1 saturated carbocycles. The summed E-state index contributed by atoms with van der Waals surface area (Å²) in [6.45, 7) is 2.01. The van der Waals surface area contributed by atoms with Crippen molar-refractivity contribution in [3.8, 4) is 5.69 Å². The molecule has 196 valence electrons. The van der Waals surface area contributed by atoms with Gasteiger partial charge in [-0.2, -0.15) is 13.2 Å². The first-order valence-electron chi connectivity index (χ1n) is 11.4. The van der Waals surface area contributed by atoms with E-state index in [9.17, 15) is 36.6 Å². The lowest BCUT2D eigenvalue weighted by Gasteiger charge is -2.22. The third-order valence-corrected chi connectivity index (χ3v) is 7.13. The quantitative estimate of drug-likeness (QED) is 0.477. The molecule has 2 aromatic heterocycles. The molecule has 2 N–H and O–H groups in total. The number of piperidine rings is 1. The molecule has 1 aliphatic heterocycles. The molecule has 3 atom stereocenters. The number of carbonyl (C=O) groups is 1. The topological polar surface area (TPSA) is 87.5 Å². The zero-order chi connectivity index (χ0) is 26.9.